The summed E-state index contributed by atoms with van der Waals surface area (Å²) >= 11 is 0. The molecule has 4 atom stereocenters. The molecular formula is C10H18Cl2N2O6. The average molecular weight is 333 g/mol. The predicted octanol–water partition coefficient (Wildman–Crippen LogP) is -0.621. The van der Waals surface area contributed by atoms with Crippen LogP contribution in [-0.2, 0) is 19.1 Å². The Morgan fingerprint density at radius 1 is 1.35 bits per heavy atom. The lowest BCUT2D eigenvalue weighted by Gasteiger charge is -2.20. The zero-order valence-electron chi connectivity index (χ0n) is 10.6. The van der Waals surface area contributed by atoms with Crippen molar-refractivity contribution in [3.05, 3.63) is 0 Å². The number of carbonyl (C=O) groups is 3. The number of nitrogens with one attached hydrogen (secondary N) is 1. The van der Waals surface area contributed by atoms with Crippen LogP contribution in [0.15, 0.2) is 0 Å². The SMILES string of the molecule is CC(=O)O[C@H]1C[C@@H](C(=O)O)N[C@H]1C[C@H](N)C(=O)O.Cl.Cl. The monoisotopic (exact) mass is 332 g/mol. The van der Waals surface area contributed by atoms with Gasteiger partial charge in [-0.05, 0) is 6.42 Å². The van der Waals surface area contributed by atoms with Gasteiger partial charge in [0.1, 0.15) is 18.2 Å². The molecule has 20 heavy (non-hydrogen) atoms. The number of hydrogen-bond donors (Lipinski definition) is 4. The fraction of sp³-hybridized carbons (Fsp3) is 0.700. The molecule has 1 aliphatic heterocycles. The number of hydrogen-bond acceptors (Lipinski definition) is 6. The van der Waals surface area contributed by atoms with E-state index in [9.17, 15) is 14.4 Å². The van der Waals surface area contributed by atoms with Crippen LogP contribution in [0.1, 0.15) is 19.8 Å². The first-order valence-corrected chi connectivity index (χ1v) is 5.45. The Balaban J connectivity index is 0. The maximum Gasteiger partial charge on any atom is 0.320 e. The molecular weight excluding hydrogens is 315 g/mol. The molecule has 1 aliphatic rings. The van der Waals surface area contributed by atoms with Crippen molar-refractivity contribution in [3.63, 3.8) is 0 Å². The molecule has 1 fully saturated rings. The van der Waals surface area contributed by atoms with E-state index in [4.69, 9.17) is 20.7 Å². The van der Waals surface area contributed by atoms with E-state index in [0.717, 1.165) is 0 Å². The Labute approximate surface area is 127 Å². The highest BCUT2D eigenvalue weighted by atomic mass is 35.5. The number of carboxylic acid groups (broad SMARTS) is 2. The van der Waals surface area contributed by atoms with Gasteiger partial charge in [-0.3, -0.25) is 19.7 Å². The molecule has 0 spiro atoms. The van der Waals surface area contributed by atoms with E-state index in [2.05, 4.69) is 5.32 Å². The lowest BCUT2D eigenvalue weighted by atomic mass is 10.0. The summed E-state index contributed by atoms with van der Waals surface area (Å²) in [4.78, 5) is 32.4. The maximum atomic E-state index is 10.9. The standard InChI is InChI=1S/C10H16N2O6.2ClH/c1-4(13)18-8-3-7(10(16)17)12-6(8)2-5(11)9(14)15;;/h5-8,12H,2-3,11H2,1H3,(H,14,15)(H,16,17);2*1H/t5-,6-,7-,8-;;/m0../s1. The Bertz CT molecular complexity index is 368. The van der Waals surface area contributed by atoms with E-state index < -0.39 is 42.1 Å². The van der Waals surface area contributed by atoms with Crippen molar-refractivity contribution < 1.29 is 29.3 Å². The molecule has 0 unspecified atom stereocenters. The lowest BCUT2D eigenvalue weighted by Crippen LogP contribution is -2.44. The number of esters is 1. The first-order chi connectivity index (χ1) is 8.31. The summed E-state index contributed by atoms with van der Waals surface area (Å²) in [6.07, 6.45) is -0.572. The average Bonchev–Trinajstić information content (AvgIpc) is 2.60. The highest BCUT2D eigenvalue weighted by Gasteiger charge is 2.40. The molecule has 0 aromatic rings. The van der Waals surface area contributed by atoms with Gasteiger partial charge in [-0.25, -0.2) is 0 Å². The highest BCUT2D eigenvalue weighted by Crippen LogP contribution is 2.20. The minimum absolute atomic E-state index is 0. The van der Waals surface area contributed by atoms with E-state index >= 15 is 0 Å². The minimum atomic E-state index is -1.18. The number of aliphatic carboxylic acids is 2. The summed E-state index contributed by atoms with van der Waals surface area (Å²) in [5, 5.41) is 20.3. The number of carbonyl (C=O) groups excluding carboxylic acids is 1. The second-order valence-corrected chi connectivity index (χ2v) is 4.23. The van der Waals surface area contributed by atoms with Gasteiger partial charge in [0.15, 0.2) is 0 Å². The van der Waals surface area contributed by atoms with Gasteiger partial charge in [-0.1, -0.05) is 0 Å². The van der Waals surface area contributed by atoms with E-state index in [1.54, 1.807) is 0 Å². The molecule has 10 heteroatoms. The van der Waals surface area contributed by atoms with Crippen molar-refractivity contribution in [2.45, 2.75) is 44.0 Å². The van der Waals surface area contributed by atoms with Crippen LogP contribution in [0.25, 0.3) is 0 Å². The Morgan fingerprint density at radius 2 is 1.90 bits per heavy atom. The highest BCUT2D eigenvalue weighted by molar-refractivity contribution is 5.85. The topological polar surface area (TPSA) is 139 Å². The summed E-state index contributed by atoms with van der Waals surface area (Å²) in [5.74, 6) is -2.79. The van der Waals surface area contributed by atoms with Crippen molar-refractivity contribution >= 4 is 42.7 Å². The van der Waals surface area contributed by atoms with Gasteiger partial charge < -0.3 is 20.7 Å². The second-order valence-electron chi connectivity index (χ2n) is 4.23. The second kappa shape index (κ2) is 8.96. The zero-order chi connectivity index (χ0) is 13.9. The largest absolute Gasteiger partial charge is 0.480 e. The molecule has 5 N–H and O–H groups in total. The van der Waals surface area contributed by atoms with E-state index in [1.165, 1.54) is 6.92 Å². The van der Waals surface area contributed by atoms with Crippen molar-refractivity contribution in [3.8, 4) is 0 Å². The van der Waals surface area contributed by atoms with Crippen LogP contribution in [0.5, 0.6) is 0 Å². The van der Waals surface area contributed by atoms with Crippen LogP contribution in [0.3, 0.4) is 0 Å². The van der Waals surface area contributed by atoms with Crippen molar-refractivity contribution in [1.29, 1.82) is 0 Å². The molecule has 8 nitrogen and oxygen atoms in total. The van der Waals surface area contributed by atoms with Gasteiger partial charge in [-0.15, -0.1) is 24.8 Å². The van der Waals surface area contributed by atoms with Crippen LogP contribution in [0.4, 0.5) is 0 Å². The van der Waals surface area contributed by atoms with Gasteiger partial charge in [0, 0.05) is 19.4 Å². The van der Waals surface area contributed by atoms with Crippen LogP contribution >= 0.6 is 24.8 Å². The molecule has 0 aromatic carbocycles. The first-order valence-electron chi connectivity index (χ1n) is 5.45. The van der Waals surface area contributed by atoms with Gasteiger partial charge in [0.05, 0.1) is 0 Å². The Kier molecular flexibility index (Phi) is 9.50. The Hall–Kier alpha value is -1.09. The van der Waals surface area contributed by atoms with Crippen LogP contribution in [0, 0.1) is 0 Å². The fourth-order valence-corrected chi connectivity index (χ4v) is 1.94. The summed E-state index contributed by atoms with van der Waals surface area (Å²) in [6, 6.07) is -2.56. The summed E-state index contributed by atoms with van der Waals surface area (Å²) < 4.78 is 4.97. The van der Waals surface area contributed by atoms with Gasteiger partial charge in [-0.2, -0.15) is 0 Å². The van der Waals surface area contributed by atoms with Crippen LogP contribution in [0.2, 0.25) is 0 Å². The number of halogens is 2. The van der Waals surface area contributed by atoms with Gasteiger partial charge >= 0.3 is 17.9 Å². The molecule has 0 radical (unpaired) electrons. The summed E-state index contributed by atoms with van der Waals surface area (Å²) in [6.45, 7) is 1.21. The zero-order valence-corrected chi connectivity index (χ0v) is 12.3. The number of nitrogens with two attached hydrogens (primary N) is 1. The summed E-state index contributed by atoms with van der Waals surface area (Å²) in [7, 11) is 0. The normalized spacial score (nSPS) is 25.8. The smallest absolute Gasteiger partial charge is 0.320 e. The van der Waals surface area contributed by atoms with Gasteiger partial charge in [0.25, 0.3) is 0 Å². The molecule has 1 saturated heterocycles. The predicted molar refractivity (Wildman–Crippen MR) is 73.2 cm³/mol. The molecule has 0 aromatic heterocycles. The fourth-order valence-electron chi connectivity index (χ4n) is 1.94. The number of carboxylic acids is 2. The molecule has 1 heterocycles. The molecule has 0 amide bonds. The van der Waals surface area contributed by atoms with E-state index in [0.29, 0.717) is 0 Å². The maximum absolute atomic E-state index is 10.9. The van der Waals surface area contributed by atoms with Crippen molar-refractivity contribution in [1.82, 2.24) is 5.32 Å². The van der Waals surface area contributed by atoms with Crippen LogP contribution < -0.4 is 11.1 Å². The van der Waals surface area contributed by atoms with E-state index in [-0.39, 0.29) is 37.7 Å². The molecule has 1 rings (SSSR count). The molecule has 0 aliphatic carbocycles. The third-order valence-corrected chi connectivity index (χ3v) is 2.77. The quantitative estimate of drug-likeness (QED) is 0.488. The Morgan fingerprint density at radius 3 is 2.30 bits per heavy atom. The minimum Gasteiger partial charge on any atom is -0.480 e. The first kappa shape index (κ1) is 21.2. The lowest BCUT2D eigenvalue weighted by molar-refractivity contribution is -0.148. The summed E-state index contributed by atoms with van der Waals surface area (Å²) in [5.41, 5.74) is 5.38. The van der Waals surface area contributed by atoms with Crippen molar-refractivity contribution in [2.24, 2.45) is 5.73 Å². The third kappa shape index (κ3) is 5.91. The van der Waals surface area contributed by atoms with Crippen molar-refractivity contribution in [2.75, 3.05) is 0 Å². The number of ether oxygens (including phenoxy) is 1. The van der Waals surface area contributed by atoms with Crippen LogP contribution in [-0.4, -0.2) is 52.4 Å². The van der Waals surface area contributed by atoms with Gasteiger partial charge in [0.2, 0.25) is 0 Å². The molecule has 0 saturated carbocycles. The number of rotatable bonds is 5. The van der Waals surface area contributed by atoms with E-state index in [1.807, 2.05) is 0 Å². The molecule has 118 valence electrons. The third-order valence-electron chi connectivity index (χ3n) is 2.77. The molecule has 0 bridgehead atoms.